The molecule has 2 rings (SSSR count). The molecule has 1 fully saturated rings. The molecule has 1 saturated carbocycles. The predicted octanol–water partition coefficient (Wildman–Crippen LogP) is 1.57. The standard InChI is InChI=1S/C14H22N2O2/c1-15(8-9-18-11-12-5-6-12)10-14(17)13-4-3-7-16(13)2/h3-4,7,12H,5-6,8-11H2,1-2H3. The lowest BCUT2D eigenvalue weighted by Gasteiger charge is -2.15. The van der Waals surface area contributed by atoms with Gasteiger partial charge in [-0.25, -0.2) is 0 Å². The molecule has 0 radical (unpaired) electrons. The fourth-order valence-electron chi connectivity index (χ4n) is 1.91. The lowest BCUT2D eigenvalue weighted by atomic mass is 10.2. The molecule has 4 nitrogen and oxygen atoms in total. The van der Waals surface area contributed by atoms with Crippen LogP contribution in [0.25, 0.3) is 0 Å². The second-order valence-corrected chi connectivity index (χ2v) is 5.18. The van der Waals surface area contributed by atoms with Crippen molar-refractivity contribution in [2.75, 3.05) is 33.4 Å². The molecule has 100 valence electrons. The molecule has 0 aliphatic heterocycles. The highest BCUT2D eigenvalue weighted by molar-refractivity contribution is 5.96. The number of aromatic nitrogens is 1. The Labute approximate surface area is 109 Å². The van der Waals surface area contributed by atoms with Gasteiger partial charge in [0, 0.05) is 26.4 Å². The molecule has 1 aliphatic rings. The van der Waals surface area contributed by atoms with Gasteiger partial charge >= 0.3 is 0 Å². The van der Waals surface area contributed by atoms with Crippen LogP contribution in [0.1, 0.15) is 23.3 Å². The van der Waals surface area contributed by atoms with Crippen LogP contribution in [0.4, 0.5) is 0 Å². The molecule has 0 N–H and O–H groups in total. The van der Waals surface area contributed by atoms with Gasteiger partial charge in [-0.3, -0.25) is 9.69 Å². The summed E-state index contributed by atoms with van der Waals surface area (Å²) in [6, 6.07) is 3.76. The highest BCUT2D eigenvalue weighted by Gasteiger charge is 2.21. The summed E-state index contributed by atoms with van der Waals surface area (Å²) >= 11 is 0. The van der Waals surface area contributed by atoms with Crippen molar-refractivity contribution >= 4 is 5.78 Å². The molecule has 1 heterocycles. The lowest BCUT2D eigenvalue weighted by molar-refractivity contribution is 0.0855. The Morgan fingerprint density at radius 1 is 1.56 bits per heavy atom. The number of rotatable bonds is 8. The van der Waals surface area contributed by atoms with E-state index in [1.54, 1.807) is 0 Å². The summed E-state index contributed by atoms with van der Waals surface area (Å²) in [5.41, 5.74) is 0.765. The fourth-order valence-corrected chi connectivity index (χ4v) is 1.91. The number of carbonyl (C=O) groups is 1. The first kappa shape index (κ1) is 13.3. The molecule has 0 bridgehead atoms. The van der Waals surface area contributed by atoms with E-state index in [1.807, 2.05) is 41.9 Å². The molecule has 1 aromatic rings. The van der Waals surface area contributed by atoms with E-state index in [0.717, 1.165) is 24.8 Å². The fraction of sp³-hybridized carbons (Fsp3) is 0.643. The second-order valence-electron chi connectivity index (χ2n) is 5.18. The number of carbonyl (C=O) groups excluding carboxylic acids is 1. The molecule has 0 atom stereocenters. The summed E-state index contributed by atoms with van der Waals surface area (Å²) in [6.45, 7) is 2.86. The quantitative estimate of drug-likeness (QED) is 0.519. The van der Waals surface area contributed by atoms with Gasteiger partial charge in [-0.2, -0.15) is 0 Å². The first-order chi connectivity index (χ1) is 8.66. The zero-order chi connectivity index (χ0) is 13.0. The normalized spacial score (nSPS) is 15.3. The van der Waals surface area contributed by atoms with Crippen LogP contribution >= 0.6 is 0 Å². The molecule has 0 unspecified atom stereocenters. The number of ketones is 1. The Hall–Kier alpha value is -1.13. The third-order valence-corrected chi connectivity index (χ3v) is 3.31. The van der Waals surface area contributed by atoms with E-state index in [1.165, 1.54) is 12.8 Å². The van der Waals surface area contributed by atoms with E-state index >= 15 is 0 Å². The maximum absolute atomic E-state index is 12.0. The minimum atomic E-state index is 0.159. The minimum Gasteiger partial charge on any atom is -0.380 e. The average molecular weight is 250 g/mol. The first-order valence-electron chi connectivity index (χ1n) is 6.57. The topological polar surface area (TPSA) is 34.5 Å². The summed E-state index contributed by atoms with van der Waals surface area (Å²) in [4.78, 5) is 14.0. The maximum Gasteiger partial charge on any atom is 0.193 e. The number of Topliss-reactive ketones (excluding diaryl/α,β-unsaturated/α-hetero) is 1. The van der Waals surface area contributed by atoms with E-state index in [9.17, 15) is 4.79 Å². The summed E-state index contributed by atoms with van der Waals surface area (Å²) < 4.78 is 7.43. The second kappa shape index (κ2) is 6.16. The third kappa shape index (κ3) is 3.96. The average Bonchev–Trinajstić information content (AvgIpc) is 3.05. The number of hydrogen-bond acceptors (Lipinski definition) is 3. The highest BCUT2D eigenvalue weighted by Crippen LogP contribution is 2.28. The Balaban J connectivity index is 1.65. The summed E-state index contributed by atoms with van der Waals surface area (Å²) in [6.07, 6.45) is 4.54. The molecule has 0 amide bonds. The van der Waals surface area contributed by atoms with E-state index in [-0.39, 0.29) is 5.78 Å². The first-order valence-corrected chi connectivity index (χ1v) is 6.57. The van der Waals surface area contributed by atoms with E-state index in [0.29, 0.717) is 13.2 Å². The van der Waals surface area contributed by atoms with Crippen molar-refractivity contribution in [1.29, 1.82) is 0 Å². The van der Waals surface area contributed by atoms with Crippen LogP contribution < -0.4 is 0 Å². The SMILES string of the molecule is CN(CCOCC1CC1)CC(=O)c1cccn1C. The van der Waals surface area contributed by atoms with Crippen LogP contribution in [0.15, 0.2) is 18.3 Å². The Morgan fingerprint density at radius 2 is 2.33 bits per heavy atom. The molecular formula is C14H22N2O2. The smallest absolute Gasteiger partial charge is 0.193 e. The summed E-state index contributed by atoms with van der Waals surface area (Å²) in [7, 11) is 3.85. The molecule has 0 aromatic carbocycles. The Bertz CT molecular complexity index is 396. The van der Waals surface area contributed by atoms with Crippen LogP contribution in [0, 0.1) is 5.92 Å². The number of ether oxygens (including phenoxy) is 1. The van der Waals surface area contributed by atoms with E-state index in [4.69, 9.17) is 4.74 Å². The zero-order valence-electron chi connectivity index (χ0n) is 11.3. The van der Waals surface area contributed by atoms with Crippen molar-refractivity contribution in [3.63, 3.8) is 0 Å². The molecule has 1 aromatic heterocycles. The van der Waals surface area contributed by atoms with Gasteiger partial charge in [0.1, 0.15) is 0 Å². The molecular weight excluding hydrogens is 228 g/mol. The van der Waals surface area contributed by atoms with Gasteiger partial charge in [0.05, 0.1) is 18.8 Å². The molecule has 0 spiro atoms. The van der Waals surface area contributed by atoms with Crippen molar-refractivity contribution in [2.45, 2.75) is 12.8 Å². The zero-order valence-corrected chi connectivity index (χ0v) is 11.3. The maximum atomic E-state index is 12.0. The van der Waals surface area contributed by atoms with Crippen molar-refractivity contribution < 1.29 is 9.53 Å². The molecule has 1 aliphatic carbocycles. The van der Waals surface area contributed by atoms with Gasteiger partial charge in [0.15, 0.2) is 5.78 Å². The van der Waals surface area contributed by atoms with Crippen LogP contribution in [-0.4, -0.2) is 48.6 Å². The van der Waals surface area contributed by atoms with Crippen LogP contribution in [0.3, 0.4) is 0 Å². The number of likely N-dealkylation sites (N-methyl/N-ethyl adjacent to an activating group) is 1. The highest BCUT2D eigenvalue weighted by atomic mass is 16.5. The number of nitrogens with zero attached hydrogens (tertiary/aromatic N) is 2. The van der Waals surface area contributed by atoms with Crippen LogP contribution in [0.2, 0.25) is 0 Å². The van der Waals surface area contributed by atoms with Gasteiger partial charge < -0.3 is 9.30 Å². The van der Waals surface area contributed by atoms with E-state index < -0.39 is 0 Å². The number of aryl methyl sites for hydroxylation is 1. The third-order valence-electron chi connectivity index (χ3n) is 3.31. The van der Waals surface area contributed by atoms with Crippen molar-refractivity contribution in [1.82, 2.24) is 9.47 Å². The largest absolute Gasteiger partial charge is 0.380 e. The molecule has 18 heavy (non-hydrogen) atoms. The number of hydrogen-bond donors (Lipinski definition) is 0. The summed E-state index contributed by atoms with van der Waals surface area (Å²) in [5, 5.41) is 0. The van der Waals surface area contributed by atoms with Gasteiger partial charge in [-0.1, -0.05) is 0 Å². The van der Waals surface area contributed by atoms with Gasteiger partial charge in [-0.05, 0) is 37.9 Å². The Morgan fingerprint density at radius 3 is 2.94 bits per heavy atom. The monoisotopic (exact) mass is 250 g/mol. The molecule has 0 saturated heterocycles. The Kier molecular flexibility index (Phi) is 4.55. The molecule has 4 heteroatoms. The van der Waals surface area contributed by atoms with Crippen molar-refractivity contribution in [3.05, 3.63) is 24.0 Å². The van der Waals surface area contributed by atoms with Crippen LogP contribution in [0.5, 0.6) is 0 Å². The van der Waals surface area contributed by atoms with Gasteiger partial charge in [0.2, 0.25) is 0 Å². The van der Waals surface area contributed by atoms with Gasteiger partial charge in [0.25, 0.3) is 0 Å². The van der Waals surface area contributed by atoms with Crippen molar-refractivity contribution in [2.24, 2.45) is 13.0 Å². The van der Waals surface area contributed by atoms with Crippen LogP contribution in [-0.2, 0) is 11.8 Å². The van der Waals surface area contributed by atoms with Gasteiger partial charge in [-0.15, -0.1) is 0 Å². The minimum absolute atomic E-state index is 0.159. The summed E-state index contributed by atoms with van der Waals surface area (Å²) in [5.74, 6) is 0.965. The van der Waals surface area contributed by atoms with E-state index in [2.05, 4.69) is 0 Å². The lowest BCUT2D eigenvalue weighted by Crippen LogP contribution is -2.30. The predicted molar refractivity (Wildman–Crippen MR) is 70.8 cm³/mol. The van der Waals surface area contributed by atoms with Crippen molar-refractivity contribution in [3.8, 4) is 0 Å².